The van der Waals surface area contributed by atoms with Gasteiger partial charge in [-0.15, -0.1) is 11.8 Å². The zero-order valence-electron chi connectivity index (χ0n) is 7.08. The first-order chi connectivity index (χ1) is 6.13. The molecule has 1 aromatic rings. The number of hydrogen-bond donors (Lipinski definition) is 1. The average molecular weight is 200 g/mol. The lowest BCUT2D eigenvalue weighted by molar-refractivity contribution is -0.136. The van der Waals surface area contributed by atoms with E-state index in [1.807, 2.05) is 6.26 Å². The smallest absolute Gasteiger partial charge is 0.307 e. The van der Waals surface area contributed by atoms with Crippen LogP contribution in [0.25, 0.3) is 0 Å². The minimum absolute atomic E-state index is 0.131. The van der Waals surface area contributed by atoms with Gasteiger partial charge >= 0.3 is 5.97 Å². The normalized spacial score (nSPS) is 10.0. The van der Waals surface area contributed by atoms with Crippen LogP contribution < -0.4 is 0 Å². The van der Waals surface area contributed by atoms with Crippen molar-refractivity contribution in [2.24, 2.45) is 0 Å². The molecule has 0 saturated carbocycles. The Morgan fingerprint density at radius 3 is 2.85 bits per heavy atom. The van der Waals surface area contributed by atoms with Gasteiger partial charge in [-0.2, -0.15) is 0 Å². The number of hydrogen-bond acceptors (Lipinski definition) is 2. The summed E-state index contributed by atoms with van der Waals surface area (Å²) in [5.74, 6) is -1.34. The van der Waals surface area contributed by atoms with Crippen molar-refractivity contribution in [1.29, 1.82) is 0 Å². The second-order valence-electron chi connectivity index (χ2n) is 2.53. The van der Waals surface area contributed by atoms with Crippen molar-refractivity contribution in [3.05, 3.63) is 29.6 Å². The Morgan fingerprint density at radius 1 is 1.62 bits per heavy atom. The van der Waals surface area contributed by atoms with E-state index in [1.165, 1.54) is 23.9 Å². The largest absolute Gasteiger partial charge is 0.481 e. The number of carboxylic acids is 1. The molecule has 13 heavy (non-hydrogen) atoms. The second-order valence-corrected chi connectivity index (χ2v) is 3.37. The highest BCUT2D eigenvalue weighted by Crippen LogP contribution is 2.21. The van der Waals surface area contributed by atoms with Gasteiger partial charge < -0.3 is 5.11 Å². The van der Waals surface area contributed by atoms with E-state index in [0.29, 0.717) is 5.56 Å². The molecule has 1 aromatic carbocycles. The number of halogens is 1. The monoisotopic (exact) mass is 200 g/mol. The van der Waals surface area contributed by atoms with Crippen molar-refractivity contribution >= 4 is 17.7 Å². The molecule has 0 atom stereocenters. The van der Waals surface area contributed by atoms with Gasteiger partial charge in [0.05, 0.1) is 6.42 Å². The fourth-order valence-electron chi connectivity index (χ4n) is 1.05. The molecule has 0 bridgehead atoms. The molecular formula is C9H9FO2S. The Hall–Kier alpha value is -1.03. The molecule has 0 aliphatic heterocycles. The van der Waals surface area contributed by atoms with Crippen LogP contribution >= 0.6 is 11.8 Å². The zero-order valence-corrected chi connectivity index (χ0v) is 7.90. The molecule has 1 rings (SSSR count). The zero-order chi connectivity index (χ0) is 9.84. The lowest BCUT2D eigenvalue weighted by Crippen LogP contribution is -2.01. The standard InChI is InChI=1S/C9H9FO2S/c1-13-8-3-2-7(10)4-6(8)5-9(11)12/h2-4H,5H2,1H3,(H,11,12). The van der Waals surface area contributed by atoms with Crippen molar-refractivity contribution in [2.45, 2.75) is 11.3 Å². The molecule has 0 amide bonds. The van der Waals surface area contributed by atoms with E-state index >= 15 is 0 Å². The first kappa shape index (κ1) is 10.1. The van der Waals surface area contributed by atoms with Gasteiger partial charge in [-0.1, -0.05) is 0 Å². The second kappa shape index (κ2) is 4.28. The molecule has 0 aliphatic rings. The van der Waals surface area contributed by atoms with Crippen LogP contribution in [0.2, 0.25) is 0 Å². The first-order valence-corrected chi connectivity index (χ1v) is 4.90. The lowest BCUT2D eigenvalue weighted by Gasteiger charge is -2.03. The Labute approximate surface area is 79.8 Å². The van der Waals surface area contributed by atoms with Crippen LogP contribution in [0.3, 0.4) is 0 Å². The molecule has 0 saturated heterocycles. The fraction of sp³-hybridized carbons (Fsp3) is 0.222. The first-order valence-electron chi connectivity index (χ1n) is 3.67. The maximum absolute atomic E-state index is 12.7. The van der Waals surface area contributed by atoms with Gasteiger partial charge in [0.1, 0.15) is 5.82 Å². The van der Waals surface area contributed by atoms with E-state index in [1.54, 1.807) is 6.07 Å². The average Bonchev–Trinajstić information content (AvgIpc) is 2.03. The van der Waals surface area contributed by atoms with Crippen LogP contribution in [0, 0.1) is 5.82 Å². The maximum atomic E-state index is 12.7. The highest BCUT2D eigenvalue weighted by molar-refractivity contribution is 7.98. The van der Waals surface area contributed by atoms with Crippen LogP contribution in [-0.4, -0.2) is 17.3 Å². The Morgan fingerprint density at radius 2 is 2.31 bits per heavy atom. The minimum atomic E-state index is -0.944. The van der Waals surface area contributed by atoms with E-state index < -0.39 is 11.8 Å². The van der Waals surface area contributed by atoms with Crippen LogP contribution in [0.1, 0.15) is 5.56 Å². The highest BCUT2D eigenvalue weighted by atomic mass is 32.2. The van der Waals surface area contributed by atoms with Crippen molar-refractivity contribution < 1.29 is 14.3 Å². The quantitative estimate of drug-likeness (QED) is 0.760. The number of rotatable bonds is 3. The van der Waals surface area contributed by atoms with Gasteiger partial charge in [0.15, 0.2) is 0 Å². The van der Waals surface area contributed by atoms with Crippen molar-refractivity contribution in [3.63, 3.8) is 0 Å². The van der Waals surface area contributed by atoms with Gasteiger partial charge in [-0.3, -0.25) is 4.79 Å². The van der Waals surface area contributed by atoms with E-state index in [9.17, 15) is 9.18 Å². The topological polar surface area (TPSA) is 37.3 Å². The van der Waals surface area contributed by atoms with Crippen LogP contribution in [0.4, 0.5) is 4.39 Å². The molecule has 0 aliphatic carbocycles. The Kier molecular flexibility index (Phi) is 3.31. The number of thioether (sulfide) groups is 1. The SMILES string of the molecule is CSc1ccc(F)cc1CC(=O)O. The lowest BCUT2D eigenvalue weighted by atomic mass is 10.1. The fourth-order valence-corrected chi connectivity index (χ4v) is 1.65. The molecule has 0 heterocycles. The van der Waals surface area contributed by atoms with Crippen LogP contribution in [0.15, 0.2) is 23.1 Å². The van der Waals surface area contributed by atoms with Crippen molar-refractivity contribution in [1.82, 2.24) is 0 Å². The van der Waals surface area contributed by atoms with Crippen molar-refractivity contribution in [2.75, 3.05) is 6.26 Å². The molecule has 0 radical (unpaired) electrons. The third-order valence-corrected chi connectivity index (χ3v) is 2.42. The molecule has 4 heteroatoms. The van der Waals surface area contributed by atoms with Gasteiger partial charge in [0, 0.05) is 4.90 Å². The summed E-state index contributed by atoms with van der Waals surface area (Å²) < 4.78 is 12.7. The van der Waals surface area contributed by atoms with Gasteiger partial charge in [0.2, 0.25) is 0 Å². The molecular weight excluding hydrogens is 191 g/mol. The van der Waals surface area contributed by atoms with E-state index in [-0.39, 0.29) is 6.42 Å². The summed E-state index contributed by atoms with van der Waals surface area (Å²) in [5, 5.41) is 8.55. The molecule has 0 unspecified atom stereocenters. The number of aliphatic carboxylic acids is 1. The summed E-state index contributed by atoms with van der Waals surface area (Å²) in [6.07, 6.45) is 1.70. The van der Waals surface area contributed by atoms with Crippen LogP contribution in [0.5, 0.6) is 0 Å². The molecule has 2 nitrogen and oxygen atoms in total. The molecule has 0 aromatic heterocycles. The number of benzene rings is 1. The summed E-state index contributed by atoms with van der Waals surface area (Å²) >= 11 is 1.42. The third-order valence-electron chi connectivity index (χ3n) is 1.58. The summed E-state index contributed by atoms with van der Waals surface area (Å²) in [4.78, 5) is 11.2. The summed E-state index contributed by atoms with van der Waals surface area (Å²) in [7, 11) is 0. The summed E-state index contributed by atoms with van der Waals surface area (Å²) in [6, 6.07) is 4.19. The van der Waals surface area contributed by atoms with Crippen LogP contribution in [-0.2, 0) is 11.2 Å². The Bertz CT molecular complexity index is 325. The predicted octanol–water partition coefficient (Wildman–Crippen LogP) is 2.17. The molecule has 1 N–H and O–H groups in total. The summed E-state index contributed by atoms with van der Waals surface area (Å²) in [6.45, 7) is 0. The van der Waals surface area contributed by atoms with E-state index in [4.69, 9.17) is 5.11 Å². The van der Waals surface area contributed by atoms with Gasteiger partial charge in [-0.25, -0.2) is 4.39 Å². The third kappa shape index (κ3) is 2.73. The van der Waals surface area contributed by atoms with Crippen molar-refractivity contribution in [3.8, 4) is 0 Å². The molecule has 0 fully saturated rings. The summed E-state index contributed by atoms with van der Waals surface area (Å²) in [5.41, 5.74) is 0.528. The van der Waals surface area contributed by atoms with E-state index in [2.05, 4.69) is 0 Å². The van der Waals surface area contributed by atoms with Gasteiger partial charge in [-0.05, 0) is 30.0 Å². The van der Waals surface area contributed by atoms with Gasteiger partial charge in [0.25, 0.3) is 0 Å². The number of carboxylic acid groups (broad SMARTS) is 1. The van der Waals surface area contributed by atoms with E-state index in [0.717, 1.165) is 4.90 Å². The molecule has 0 spiro atoms. The maximum Gasteiger partial charge on any atom is 0.307 e. The Balaban J connectivity index is 3.01. The minimum Gasteiger partial charge on any atom is -0.481 e. The molecule has 70 valence electrons. The highest BCUT2D eigenvalue weighted by Gasteiger charge is 2.06. The number of carbonyl (C=O) groups is 1. The predicted molar refractivity (Wildman–Crippen MR) is 49.5 cm³/mol.